The van der Waals surface area contributed by atoms with E-state index in [1.165, 1.54) is 12.7 Å². The lowest BCUT2D eigenvalue weighted by Gasteiger charge is -2.64. The number of benzene rings is 1. The van der Waals surface area contributed by atoms with Crippen molar-refractivity contribution in [2.45, 2.75) is 31.2 Å². The smallest absolute Gasteiger partial charge is 0.316 e. The number of carbonyl (C=O) groups excluding carboxylic acids is 1. The number of phenols is 1. The molecule has 3 fully saturated rings. The number of phenolic OH excluding ortho intramolecular Hbond substituents is 1. The normalized spacial score (nSPS) is 37.7. The average Bonchev–Trinajstić information content (AvgIpc) is 3.03. The Morgan fingerprint density at radius 1 is 1.48 bits per heavy atom. The van der Waals surface area contributed by atoms with Crippen LogP contribution in [-0.4, -0.2) is 59.6 Å². The molecule has 5 rings (SSSR count). The quantitative estimate of drug-likeness (QED) is 0.616. The first kappa shape index (κ1) is 17.0. The Morgan fingerprint density at radius 3 is 3.00 bits per heavy atom. The van der Waals surface area contributed by atoms with E-state index >= 15 is 0 Å². The fraction of sp³-hybridized carbons (Fsp3) is 0.524. The Balaban J connectivity index is 1.87. The second-order valence-electron chi connectivity index (χ2n) is 8.11. The maximum Gasteiger partial charge on any atom is 0.316 e. The minimum Gasteiger partial charge on any atom is -0.508 e. The lowest BCUT2D eigenvalue weighted by molar-refractivity contribution is -0.170. The zero-order valence-corrected chi connectivity index (χ0v) is 15.6. The molecular weight excluding hydrogens is 344 g/mol. The summed E-state index contributed by atoms with van der Waals surface area (Å²) in [6, 6.07) is 5.33. The summed E-state index contributed by atoms with van der Waals surface area (Å²) in [6.45, 7) is 3.31. The molecule has 1 aromatic carbocycles. The van der Waals surface area contributed by atoms with Crippen molar-refractivity contribution >= 4 is 17.4 Å². The maximum atomic E-state index is 13.4. The van der Waals surface area contributed by atoms with Crippen LogP contribution in [0.25, 0.3) is 0 Å². The van der Waals surface area contributed by atoms with Gasteiger partial charge in [0.1, 0.15) is 11.2 Å². The number of methoxy groups -OCH3 is 1. The number of rotatable bonds is 2. The van der Waals surface area contributed by atoms with E-state index < -0.39 is 10.8 Å². The number of piperidine rings is 2. The van der Waals surface area contributed by atoms with E-state index in [9.17, 15) is 15.0 Å². The standard InChI is InChI=1S/C21H24N2O4/c1-3-12-10-23-7-6-20-15-8-13(25)4-5-16(15)22-18(20)17(23)9-14(12)21(20,11-24)19(26)27-2/h3-5,8,14,17,24-25H,6-7,9-11H2,1-2H3/b12-3-/t14-,17-,20+,21?/m0/s1. The van der Waals surface area contributed by atoms with E-state index in [1.807, 2.05) is 13.0 Å². The highest BCUT2D eigenvalue weighted by atomic mass is 16.5. The molecule has 142 valence electrons. The number of esters is 1. The van der Waals surface area contributed by atoms with Gasteiger partial charge in [-0.3, -0.25) is 14.7 Å². The van der Waals surface area contributed by atoms with E-state index in [0.29, 0.717) is 6.42 Å². The lowest BCUT2D eigenvalue weighted by atomic mass is 9.43. The van der Waals surface area contributed by atoms with Crippen LogP contribution in [0, 0.1) is 11.3 Å². The number of aromatic hydroxyl groups is 1. The Bertz CT molecular complexity index is 907. The molecule has 27 heavy (non-hydrogen) atoms. The summed E-state index contributed by atoms with van der Waals surface area (Å²) in [5, 5.41) is 21.0. The van der Waals surface area contributed by atoms with Gasteiger partial charge in [-0.15, -0.1) is 0 Å². The molecule has 0 aromatic heterocycles. The van der Waals surface area contributed by atoms with Gasteiger partial charge in [-0.2, -0.15) is 0 Å². The number of hydrogen-bond acceptors (Lipinski definition) is 6. The molecule has 1 aromatic rings. The van der Waals surface area contributed by atoms with Crippen LogP contribution in [0.1, 0.15) is 25.3 Å². The average molecular weight is 368 g/mol. The van der Waals surface area contributed by atoms with Crippen molar-refractivity contribution in [3.8, 4) is 5.75 Å². The molecule has 0 spiro atoms. The van der Waals surface area contributed by atoms with E-state index in [0.717, 1.165) is 36.5 Å². The predicted molar refractivity (Wildman–Crippen MR) is 100 cm³/mol. The first-order valence-electron chi connectivity index (χ1n) is 9.54. The summed E-state index contributed by atoms with van der Waals surface area (Å²) in [7, 11) is 1.39. The lowest BCUT2D eigenvalue weighted by Crippen LogP contribution is -2.74. The Labute approximate surface area is 158 Å². The molecule has 3 heterocycles. The van der Waals surface area contributed by atoms with Crippen molar-refractivity contribution < 1.29 is 19.7 Å². The van der Waals surface area contributed by atoms with Crippen LogP contribution in [0.5, 0.6) is 5.75 Å². The number of aliphatic hydroxyl groups excluding tert-OH is 1. The van der Waals surface area contributed by atoms with Crippen LogP contribution < -0.4 is 0 Å². The third-order valence-electron chi connectivity index (χ3n) is 7.47. The van der Waals surface area contributed by atoms with Crippen LogP contribution in [0.4, 0.5) is 5.69 Å². The number of carbonyl (C=O) groups is 1. The summed E-state index contributed by atoms with van der Waals surface area (Å²) in [6.07, 6.45) is 3.53. The zero-order chi connectivity index (χ0) is 19.0. The Morgan fingerprint density at radius 2 is 2.30 bits per heavy atom. The van der Waals surface area contributed by atoms with Crippen LogP contribution in [-0.2, 0) is 14.9 Å². The van der Waals surface area contributed by atoms with Crippen molar-refractivity contribution in [2.75, 3.05) is 26.8 Å². The van der Waals surface area contributed by atoms with E-state index in [1.54, 1.807) is 12.1 Å². The number of allylic oxidation sites excluding steroid dienone is 1. The first-order valence-corrected chi connectivity index (χ1v) is 9.54. The molecule has 4 atom stereocenters. The number of hydrogen-bond donors (Lipinski definition) is 2. The summed E-state index contributed by atoms with van der Waals surface area (Å²) in [4.78, 5) is 20.7. The number of fused-ring (bicyclic) bond motifs is 2. The summed E-state index contributed by atoms with van der Waals surface area (Å²) >= 11 is 0. The highest BCUT2D eigenvalue weighted by Crippen LogP contribution is 2.66. The van der Waals surface area contributed by atoms with Crippen molar-refractivity contribution in [3.63, 3.8) is 0 Å². The van der Waals surface area contributed by atoms with Gasteiger partial charge < -0.3 is 14.9 Å². The van der Waals surface area contributed by atoms with Gasteiger partial charge in [0, 0.05) is 24.7 Å². The topological polar surface area (TPSA) is 82.4 Å². The molecule has 6 nitrogen and oxygen atoms in total. The van der Waals surface area contributed by atoms with Gasteiger partial charge in [0.2, 0.25) is 0 Å². The van der Waals surface area contributed by atoms with Crippen molar-refractivity contribution in [3.05, 3.63) is 35.4 Å². The largest absolute Gasteiger partial charge is 0.508 e. The second-order valence-corrected chi connectivity index (χ2v) is 8.11. The number of aliphatic imine (C=N–C) groups is 1. The first-order chi connectivity index (χ1) is 13.0. The molecule has 1 unspecified atom stereocenters. The van der Waals surface area contributed by atoms with Crippen LogP contribution in [0.2, 0.25) is 0 Å². The fourth-order valence-electron chi connectivity index (χ4n) is 6.37. The molecule has 2 saturated heterocycles. The van der Waals surface area contributed by atoms with Gasteiger partial charge in [-0.25, -0.2) is 0 Å². The zero-order valence-electron chi connectivity index (χ0n) is 15.6. The van der Waals surface area contributed by atoms with Gasteiger partial charge in [0.25, 0.3) is 0 Å². The maximum absolute atomic E-state index is 13.4. The van der Waals surface area contributed by atoms with Crippen molar-refractivity contribution in [1.82, 2.24) is 4.90 Å². The van der Waals surface area contributed by atoms with E-state index in [4.69, 9.17) is 9.73 Å². The third kappa shape index (κ3) is 1.74. The minimum atomic E-state index is -1.12. The highest BCUT2D eigenvalue weighted by molar-refractivity contribution is 6.11. The van der Waals surface area contributed by atoms with Crippen molar-refractivity contribution in [2.24, 2.45) is 16.3 Å². The van der Waals surface area contributed by atoms with Gasteiger partial charge in [-0.05, 0) is 43.5 Å². The van der Waals surface area contributed by atoms with Crippen LogP contribution in [0.15, 0.2) is 34.8 Å². The van der Waals surface area contributed by atoms with E-state index in [2.05, 4.69) is 11.0 Å². The summed E-state index contributed by atoms with van der Waals surface area (Å²) < 4.78 is 5.31. The monoisotopic (exact) mass is 368 g/mol. The Kier molecular flexibility index (Phi) is 3.41. The molecule has 6 heteroatoms. The molecule has 3 bridgehead atoms. The van der Waals surface area contributed by atoms with Gasteiger partial charge in [-0.1, -0.05) is 11.6 Å². The number of aliphatic hydroxyl groups is 1. The van der Waals surface area contributed by atoms with Gasteiger partial charge in [0.05, 0.1) is 30.9 Å². The Hall–Kier alpha value is -2.18. The summed E-state index contributed by atoms with van der Waals surface area (Å²) in [5.74, 6) is -0.332. The van der Waals surface area contributed by atoms with Crippen LogP contribution >= 0.6 is 0 Å². The van der Waals surface area contributed by atoms with Gasteiger partial charge in [0.15, 0.2) is 0 Å². The van der Waals surface area contributed by atoms with E-state index in [-0.39, 0.29) is 30.3 Å². The third-order valence-corrected chi connectivity index (χ3v) is 7.47. The molecular formula is C21H24N2O4. The molecule has 3 aliphatic heterocycles. The predicted octanol–water partition coefficient (Wildman–Crippen LogP) is 1.92. The van der Waals surface area contributed by atoms with Crippen molar-refractivity contribution in [1.29, 1.82) is 0 Å². The van der Waals surface area contributed by atoms with Gasteiger partial charge >= 0.3 is 5.97 Å². The SMILES string of the molecule is C/C=C1/CN2CC[C@]34C(=Nc5ccc(O)cc53)[C@@H]2C[C@@H]1C4(CO)C(=O)OC. The molecule has 1 saturated carbocycles. The molecule has 4 aliphatic rings. The minimum absolute atomic E-state index is 0.103. The molecule has 0 amide bonds. The highest BCUT2D eigenvalue weighted by Gasteiger charge is 2.73. The number of ether oxygens (including phenoxy) is 1. The second kappa shape index (κ2) is 5.42. The van der Waals surface area contributed by atoms with Crippen LogP contribution in [0.3, 0.4) is 0 Å². The molecule has 0 radical (unpaired) electrons. The fourth-order valence-corrected chi connectivity index (χ4v) is 6.37. The summed E-state index contributed by atoms with van der Waals surface area (Å²) in [5.41, 5.74) is 1.92. The molecule has 2 N–H and O–H groups in total. The number of nitrogens with zero attached hydrogens (tertiary/aromatic N) is 2. The molecule has 1 aliphatic carbocycles.